The van der Waals surface area contributed by atoms with Crippen LogP contribution in [0.15, 0.2) is 42.5 Å². The molecule has 0 amide bonds. The molecule has 4 nitrogen and oxygen atoms in total. The van der Waals surface area contributed by atoms with Crippen LogP contribution in [0.25, 0.3) is 0 Å². The van der Waals surface area contributed by atoms with Crippen LogP contribution < -0.4 is 9.47 Å². The maximum Gasteiger partial charge on any atom is 0.231 e. The number of ketones is 1. The summed E-state index contributed by atoms with van der Waals surface area (Å²) in [5.74, 6) is 1.71. The molecule has 0 unspecified atom stereocenters. The number of aromatic hydroxyl groups is 1. The zero-order valence-corrected chi connectivity index (χ0v) is 10.8. The molecular formula is C16H14O4. The van der Waals surface area contributed by atoms with Crippen LogP contribution >= 0.6 is 0 Å². The quantitative estimate of drug-likeness (QED) is 0.868. The van der Waals surface area contributed by atoms with Gasteiger partial charge >= 0.3 is 0 Å². The van der Waals surface area contributed by atoms with Crippen LogP contribution in [-0.2, 0) is 6.42 Å². The number of benzene rings is 2. The molecular weight excluding hydrogens is 256 g/mol. The summed E-state index contributed by atoms with van der Waals surface area (Å²) >= 11 is 0. The summed E-state index contributed by atoms with van der Waals surface area (Å²) in [4.78, 5) is 12.0. The minimum absolute atomic E-state index is 0.0580. The summed E-state index contributed by atoms with van der Waals surface area (Å²) in [6, 6.07) is 12.0. The number of Topliss-reactive ketones (excluding diaryl/α,β-unsaturated/α-hetero) is 1. The number of fused-ring (bicyclic) bond motifs is 1. The molecule has 0 saturated carbocycles. The molecule has 0 aromatic heterocycles. The first-order chi connectivity index (χ1) is 9.72. The highest BCUT2D eigenvalue weighted by molar-refractivity contribution is 5.96. The Hall–Kier alpha value is -2.49. The van der Waals surface area contributed by atoms with E-state index in [4.69, 9.17) is 9.47 Å². The van der Waals surface area contributed by atoms with Crippen LogP contribution in [0.5, 0.6) is 17.2 Å². The molecule has 2 aromatic carbocycles. The average Bonchev–Trinajstić information content (AvgIpc) is 2.93. The summed E-state index contributed by atoms with van der Waals surface area (Å²) in [6.07, 6.45) is 1.07. The molecule has 0 bridgehead atoms. The van der Waals surface area contributed by atoms with Crippen LogP contribution in [0.2, 0.25) is 0 Å². The minimum Gasteiger partial charge on any atom is -0.508 e. The lowest BCUT2D eigenvalue weighted by atomic mass is 10.0. The molecule has 3 rings (SSSR count). The first-order valence-electron chi connectivity index (χ1n) is 6.43. The fourth-order valence-electron chi connectivity index (χ4n) is 2.15. The summed E-state index contributed by atoms with van der Waals surface area (Å²) < 4.78 is 10.6. The second-order valence-corrected chi connectivity index (χ2v) is 4.66. The molecule has 1 N–H and O–H groups in total. The van der Waals surface area contributed by atoms with Crippen LogP contribution in [0.1, 0.15) is 22.3 Å². The zero-order valence-electron chi connectivity index (χ0n) is 10.8. The predicted molar refractivity (Wildman–Crippen MR) is 73.3 cm³/mol. The molecule has 1 aliphatic heterocycles. The highest BCUT2D eigenvalue weighted by Crippen LogP contribution is 2.32. The van der Waals surface area contributed by atoms with E-state index >= 15 is 0 Å². The molecule has 0 atom stereocenters. The number of phenolic OH excluding ortho intramolecular Hbond substituents is 1. The molecule has 2 aromatic rings. The van der Waals surface area contributed by atoms with Crippen LogP contribution in [0.4, 0.5) is 0 Å². The Morgan fingerprint density at radius 2 is 1.80 bits per heavy atom. The van der Waals surface area contributed by atoms with E-state index in [1.54, 1.807) is 12.1 Å². The molecule has 20 heavy (non-hydrogen) atoms. The van der Waals surface area contributed by atoms with Crippen molar-refractivity contribution in [1.29, 1.82) is 0 Å². The Labute approximate surface area is 116 Å². The molecule has 1 aliphatic rings. The topological polar surface area (TPSA) is 55.8 Å². The zero-order chi connectivity index (χ0) is 13.9. The Morgan fingerprint density at radius 3 is 2.60 bits per heavy atom. The molecule has 0 aliphatic carbocycles. The average molecular weight is 270 g/mol. The second-order valence-electron chi connectivity index (χ2n) is 4.66. The summed E-state index contributed by atoms with van der Waals surface area (Å²) in [5, 5.41) is 9.20. The maximum absolute atomic E-state index is 12.0. The predicted octanol–water partition coefficient (Wildman–Crippen LogP) is 2.94. The Balaban J connectivity index is 1.64. The lowest BCUT2D eigenvalue weighted by Crippen LogP contribution is -2.00. The number of aryl methyl sites for hydroxylation is 1. The normalized spacial score (nSPS) is 12.4. The summed E-state index contributed by atoms with van der Waals surface area (Å²) in [7, 11) is 0. The molecule has 0 fully saturated rings. The van der Waals surface area contributed by atoms with E-state index in [-0.39, 0.29) is 18.3 Å². The van der Waals surface area contributed by atoms with Crippen molar-refractivity contribution in [2.24, 2.45) is 0 Å². The SMILES string of the molecule is O=C(CCc1ccc2c(c1)OCO2)c1ccc(O)cc1. The van der Waals surface area contributed by atoms with E-state index in [1.807, 2.05) is 18.2 Å². The fraction of sp³-hybridized carbons (Fsp3) is 0.188. The number of hydrogen-bond acceptors (Lipinski definition) is 4. The largest absolute Gasteiger partial charge is 0.508 e. The van der Waals surface area contributed by atoms with Crippen LogP contribution in [0.3, 0.4) is 0 Å². The van der Waals surface area contributed by atoms with Crippen LogP contribution in [-0.4, -0.2) is 17.7 Å². The van der Waals surface area contributed by atoms with Crippen molar-refractivity contribution in [3.63, 3.8) is 0 Å². The van der Waals surface area contributed by atoms with Crippen molar-refractivity contribution in [1.82, 2.24) is 0 Å². The van der Waals surface area contributed by atoms with Gasteiger partial charge in [0.2, 0.25) is 6.79 Å². The number of carbonyl (C=O) groups is 1. The van der Waals surface area contributed by atoms with Gasteiger partial charge in [0.05, 0.1) is 0 Å². The van der Waals surface area contributed by atoms with Gasteiger partial charge in [-0.1, -0.05) is 6.07 Å². The minimum atomic E-state index is 0.0580. The van der Waals surface area contributed by atoms with Crippen molar-refractivity contribution >= 4 is 5.78 Å². The summed E-state index contributed by atoms with van der Waals surface area (Å²) in [5.41, 5.74) is 1.66. The van der Waals surface area contributed by atoms with E-state index in [2.05, 4.69) is 0 Å². The Morgan fingerprint density at radius 1 is 1.05 bits per heavy atom. The lowest BCUT2D eigenvalue weighted by Gasteiger charge is -2.03. The van der Waals surface area contributed by atoms with Gasteiger partial charge < -0.3 is 14.6 Å². The van der Waals surface area contributed by atoms with Crippen molar-refractivity contribution in [2.75, 3.05) is 6.79 Å². The number of phenols is 1. The summed E-state index contributed by atoms with van der Waals surface area (Å²) in [6.45, 7) is 0.255. The third-order valence-corrected chi connectivity index (χ3v) is 3.27. The van der Waals surface area contributed by atoms with E-state index < -0.39 is 0 Å². The van der Waals surface area contributed by atoms with Gasteiger partial charge in [-0.3, -0.25) is 4.79 Å². The van der Waals surface area contributed by atoms with E-state index in [1.165, 1.54) is 12.1 Å². The first-order valence-corrected chi connectivity index (χ1v) is 6.43. The molecule has 1 heterocycles. The number of ether oxygens (including phenoxy) is 2. The third kappa shape index (κ3) is 2.59. The Bertz CT molecular complexity index is 631. The van der Waals surface area contributed by atoms with Gasteiger partial charge in [-0.2, -0.15) is 0 Å². The van der Waals surface area contributed by atoms with E-state index in [9.17, 15) is 9.90 Å². The van der Waals surface area contributed by atoms with Gasteiger partial charge in [0.15, 0.2) is 17.3 Å². The van der Waals surface area contributed by atoms with Crippen molar-refractivity contribution in [3.05, 3.63) is 53.6 Å². The number of rotatable bonds is 4. The Kier molecular flexibility index (Phi) is 3.29. The van der Waals surface area contributed by atoms with Crippen molar-refractivity contribution in [2.45, 2.75) is 12.8 Å². The van der Waals surface area contributed by atoms with Gasteiger partial charge in [-0.15, -0.1) is 0 Å². The van der Waals surface area contributed by atoms with Gasteiger partial charge in [-0.25, -0.2) is 0 Å². The molecule has 4 heteroatoms. The molecule has 102 valence electrons. The van der Waals surface area contributed by atoms with Crippen LogP contribution in [0, 0.1) is 0 Å². The smallest absolute Gasteiger partial charge is 0.231 e. The van der Waals surface area contributed by atoms with Crippen molar-refractivity contribution in [3.8, 4) is 17.2 Å². The third-order valence-electron chi connectivity index (χ3n) is 3.27. The van der Waals surface area contributed by atoms with Gasteiger partial charge in [-0.05, 0) is 48.4 Å². The van der Waals surface area contributed by atoms with E-state index in [0.717, 1.165) is 17.1 Å². The highest BCUT2D eigenvalue weighted by atomic mass is 16.7. The number of carbonyl (C=O) groups excluding carboxylic acids is 1. The van der Waals surface area contributed by atoms with Gasteiger partial charge in [0.1, 0.15) is 5.75 Å². The monoisotopic (exact) mass is 270 g/mol. The molecule has 0 saturated heterocycles. The van der Waals surface area contributed by atoms with Gasteiger partial charge in [0.25, 0.3) is 0 Å². The number of hydrogen-bond donors (Lipinski definition) is 1. The standard InChI is InChI=1S/C16H14O4/c17-13-5-3-12(4-6-13)14(18)7-1-11-2-8-15-16(9-11)20-10-19-15/h2-6,8-9,17H,1,7,10H2. The second kappa shape index (κ2) is 5.25. The lowest BCUT2D eigenvalue weighted by molar-refractivity contribution is 0.0983. The van der Waals surface area contributed by atoms with Gasteiger partial charge in [0, 0.05) is 12.0 Å². The first kappa shape index (κ1) is 12.5. The van der Waals surface area contributed by atoms with Crippen molar-refractivity contribution < 1.29 is 19.4 Å². The van der Waals surface area contributed by atoms with E-state index in [0.29, 0.717) is 18.4 Å². The molecule has 0 radical (unpaired) electrons. The highest BCUT2D eigenvalue weighted by Gasteiger charge is 2.14. The maximum atomic E-state index is 12.0. The molecule has 0 spiro atoms. The fourth-order valence-corrected chi connectivity index (χ4v) is 2.15.